The Morgan fingerprint density at radius 2 is 1.78 bits per heavy atom. The van der Waals surface area contributed by atoms with Crippen LogP contribution in [-0.4, -0.2) is 43.7 Å². The van der Waals surface area contributed by atoms with E-state index >= 15 is 0 Å². The van der Waals surface area contributed by atoms with Gasteiger partial charge in [0.05, 0.1) is 18.7 Å². The topological polar surface area (TPSA) is 115 Å². The SMILES string of the molecule is CC[C@@H](C)[C@H](NC(=O)COC(=O)[C@@H](C)Oc1ccc(C#N)cc1)C(=O)OC. The highest BCUT2D eigenvalue weighted by atomic mass is 16.6. The van der Waals surface area contributed by atoms with Gasteiger partial charge in [-0.2, -0.15) is 5.26 Å². The molecule has 0 bridgehead atoms. The van der Waals surface area contributed by atoms with Gasteiger partial charge in [0.2, 0.25) is 0 Å². The van der Waals surface area contributed by atoms with E-state index in [9.17, 15) is 14.4 Å². The number of hydrogen-bond acceptors (Lipinski definition) is 7. The third kappa shape index (κ3) is 6.98. The molecule has 0 aliphatic heterocycles. The van der Waals surface area contributed by atoms with Crippen LogP contribution in [0.1, 0.15) is 32.8 Å². The lowest BCUT2D eigenvalue weighted by molar-refractivity contribution is -0.155. The molecule has 1 aromatic carbocycles. The van der Waals surface area contributed by atoms with Gasteiger partial charge in [-0.3, -0.25) is 4.79 Å². The van der Waals surface area contributed by atoms with E-state index < -0.39 is 36.6 Å². The number of carbonyl (C=O) groups excluding carboxylic acids is 3. The van der Waals surface area contributed by atoms with Crippen LogP contribution >= 0.6 is 0 Å². The fraction of sp³-hybridized carbons (Fsp3) is 0.474. The summed E-state index contributed by atoms with van der Waals surface area (Å²) < 4.78 is 15.0. The van der Waals surface area contributed by atoms with Crippen LogP contribution in [0.4, 0.5) is 0 Å². The molecular formula is C19H24N2O6. The molecule has 146 valence electrons. The van der Waals surface area contributed by atoms with Gasteiger partial charge in [0.1, 0.15) is 11.8 Å². The van der Waals surface area contributed by atoms with Crippen molar-refractivity contribution in [3.8, 4) is 11.8 Å². The highest BCUT2D eigenvalue weighted by molar-refractivity contribution is 5.86. The van der Waals surface area contributed by atoms with Crippen molar-refractivity contribution >= 4 is 17.8 Å². The molecule has 0 heterocycles. The second-order valence-electron chi connectivity index (χ2n) is 5.96. The number of carbonyl (C=O) groups is 3. The van der Waals surface area contributed by atoms with Crippen LogP contribution < -0.4 is 10.1 Å². The molecule has 0 fully saturated rings. The Hall–Kier alpha value is -3.08. The lowest BCUT2D eigenvalue weighted by atomic mass is 9.99. The summed E-state index contributed by atoms with van der Waals surface area (Å²) >= 11 is 0. The van der Waals surface area contributed by atoms with E-state index in [-0.39, 0.29) is 5.92 Å². The van der Waals surface area contributed by atoms with Crippen molar-refractivity contribution in [2.75, 3.05) is 13.7 Å². The van der Waals surface area contributed by atoms with Crippen LogP contribution in [0.3, 0.4) is 0 Å². The number of rotatable bonds is 9. The smallest absolute Gasteiger partial charge is 0.347 e. The van der Waals surface area contributed by atoms with Crippen molar-refractivity contribution in [1.29, 1.82) is 5.26 Å². The van der Waals surface area contributed by atoms with Gasteiger partial charge in [-0.05, 0) is 37.1 Å². The van der Waals surface area contributed by atoms with Gasteiger partial charge in [0.15, 0.2) is 12.7 Å². The van der Waals surface area contributed by atoms with Crippen LogP contribution in [0.2, 0.25) is 0 Å². The van der Waals surface area contributed by atoms with Crippen molar-refractivity contribution in [1.82, 2.24) is 5.32 Å². The summed E-state index contributed by atoms with van der Waals surface area (Å²) in [4.78, 5) is 35.7. The third-order valence-corrected chi connectivity index (χ3v) is 3.96. The maximum absolute atomic E-state index is 12.0. The fourth-order valence-corrected chi connectivity index (χ4v) is 2.13. The molecule has 27 heavy (non-hydrogen) atoms. The Labute approximate surface area is 158 Å². The first-order chi connectivity index (χ1) is 12.8. The predicted octanol–water partition coefficient (Wildman–Crippen LogP) is 1.57. The quantitative estimate of drug-likeness (QED) is 0.651. The summed E-state index contributed by atoms with van der Waals surface area (Å²) in [5, 5.41) is 11.3. The molecule has 1 amide bonds. The van der Waals surface area contributed by atoms with Gasteiger partial charge in [0, 0.05) is 0 Å². The zero-order chi connectivity index (χ0) is 20.4. The third-order valence-electron chi connectivity index (χ3n) is 3.96. The van der Waals surface area contributed by atoms with Gasteiger partial charge in [-0.15, -0.1) is 0 Å². The summed E-state index contributed by atoms with van der Waals surface area (Å²) in [6.07, 6.45) is -0.285. The molecule has 0 spiro atoms. The van der Waals surface area contributed by atoms with E-state index in [1.165, 1.54) is 14.0 Å². The molecule has 0 radical (unpaired) electrons. The Bertz CT molecular complexity index is 695. The number of nitrogens with one attached hydrogen (secondary N) is 1. The number of ether oxygens (including phenoxy) is 3. The van der Waals surface area contributed by atoms with Gasteiger partial charge >= 0.3 is 11.9 Å². The molecule has 0 saturated heterocycles. The maximum Gasteiger partial charge on any atom is 0.347 e. The Morgan fingerprint density at radius 3 is 2.30 bits per heavy atom. The summed E-state index contributed by atoms with van der Waals surface area (Å²) in [6, 6.07) is 7.40. The van der Waals surface area contributed by atoms with Crippen molar-refractivity contribution in [3.63, 3.8) is 0 Å². The molecule has 8 nitrogen and oxygen atoms in total. The summed E-state index contributed by atoms with van der Waals surface area (Å²) in [5.74, 6) is -1.62. The highest BCUT2D eigenvalue weighted by Gasteiger charge is 2.27. The van der Waals surface area contributed by atoms with Crippen molar-refractivity contribution < 1.29 is 28.6 Å². The second kappa shape index (κ2) is 10.8. The zero-order valence-corrected chi connectivity index (χ0v) is 15.9. The van der Waals surface area contributed by atoms with Crippen LogP contribution in [-0.2, 0) is 23.9 Å². The van der Waals surface area contributed by atoms with Crippen molar-refractivity contribution in [2.24, 2.45) is 5.92 Å². The van der Waals surface area contributed by atoms with Gasteiger partial charge in [0.25, 0.3) is 5.91 Å². The monoisotopic (exact) mass is 376 g/mol. The highest BCUT2D eigenvalue weighted by Crippen LogP contribution is 2.14. The minimum atomic E-state index is -0.947. The normalized spacial score (nSPS) is 13.4. The molecule has 0 saturated carbocycles. The number of methoxy groups -OCH3 is 1. The lowest BCUT2D eigenvalue weighted by Gasteiger charge is -2.22. The predicted molar refractivity (Wildman–Crippen MR) is 95.6 cm³/mol. The summed E-state index contributed by atoms with van der Waals surface area (Å²) in [7, 11) is 1.24. The van der Waals surface area contributed by atoms with Crippen molar-refractivity contribution in [3.05, 3.63) is 29.8 Å². The van der Waals surface area contributed by atoms with Crippen molar-refractivity contribution in [2.45, 2.75) is 39.3 Å². The molecule has 0 aliphatic carbocycles. The largest absolute Gasteiger partial charge is 0.479 e. The summed E-state index contributed by atoms with van der Waals surface area (Å²) in [5.41, 5.74) is 0.468. The number of nitriles is 1. The molecular weight excluding hydrogens is 352 g/mol. The van der Waals surface area contributed by atoms with Gasteiger partial charge in [-0.1, -0.05) is 20.3 Å². The Kier molecular flexibility index (Phi) is 8.79. The van der Waals surface area contributed by atoms with Gasteiger partial charge in [-0.25, -0.2) is 9.59 Å². The number of benzene rings is 1. The van der Waals surface area contributed by atoms with Crippen LogP contribution in [0.5, 0.6) is 5.75 Å². The maximum atomic E-state index is 12.0. The molecule has 1 N–H and O–H groups in total. The minimum absolute atomic E-state index is 0.129. The van der Waals surface area contributed by atoms with Crippen LogP contribution in [0.15, 0.2) is 24.3 Å². The van der Waals surface area contributed by atoms with E-state index in [0.29, 0.717) is 17.7 Å². The first-order valence-corrected chi connectivity index (χ1v) is 8.53. The van der Waals surface area contributed by atoms with E-state index in [1.807, 2.05) is 13.0 Å². The Balaban J connectivity index is 2.52. The van der Waals surface area contributed by atoms with E-state index in [1.54, 1.807) is 31.2 Å². The number of nitrogens with zero attached hydrogens (tertiary/aromatic N) is 1. The first kappa shape index (κ1) is 22.0. The van der Waals surface area contributed by atoms with Gasteiger partial charge < -0.3 is 19.5 Å². The lowest BCUT2D eigenvalue weighted by Crippen LogP contribution is -2.47. The van der Waals surface area contributed by atoms with Crippen LogP contribution in [0, 0.1) is 17.2 Å². The summed E-state index contributed by atoms with van der Waals surface area (Å²) in [6.45, 7) is 4.63. The molecule has 3 atom stereocenters. The molecule has 1 aromatic rings. The number of amides is 1. The second-order valence-corrected chi connectivity index (χ2v) is 5.96. The average Bonchev–Trinajstić information content (AvgIpc) is 2.69. The Morgan fingerprint density at radius 1 is 1.15 bits per heavy atom. The number of hydrogen-bond donors (Lipinski definition) is 1. The molecule has 0 aliphatic rings. The first-order valence-electron chi connectivity index (χ1n) is 8.53. The average molecular weight is 376 g/mol. The zero-order valence-electron chi connectivity index (χ0n) is 15.9. The fourth-order valence-electron chi connectivity index (χ4n) is 2.13. The van der Waals surface area contributed by atoms with E-state index in [4.69, 9.17) is 14.7 Å². The molecule has 0 unspecified atom stereocenters. The van der Waals surface area contributed by atoms with E-state index in [0.717, 1.165) is 0 Å². The minimum Gasteiger partial charge on any atom is -0.479 e. The van der Waals surface area contributed by atoms with E-state index in [2.05, 4.69) is 10.1 Å². The molecule has 8 heteroatoms. The standard InChI is InChI=1S/C19H24N2O6/c1-5-12(2)17(19(24)25-4)21-16(22)11-26-18(23)13(3)27-15-8-6-14(10-20)7-9-15/h6-9,12-13,17H,5,11H2,1-4H3,(H,21,22)/t12-,13-,17+/m1/s1. The number of esters is 2. The molecule has 0 aromatic heterocycles. The molecule has 1 rings (SSSR count). The van der Waals surface area contributed by atoms with Crippen LogP contribution in [0.25, 0.3) is 0 Å².